The van der Waals surface area contributed by atoms with Crippen LogP contribution in [0.4, 0.5) is 8.78 Å². The molecule has 34 heavy (non-hydrogen) atoms. The van der Waals surface area contributed by atoms with Gasteiger partial charge in [-0.25, -0.2) is 8.78 Å². The summed E-state index contributed by atoms with van der Waals surface area (Å²) in [6.07, 6.45) is 2.15. The highest BCUT2D eigenvalue weighted by molar-refractivity contribution is 7.99. The van der Waals surface area contributed by atoms with Gasteiger partial charge in [0.2, 0.25) is 5.91 Å². The maximum atomic E-state index is 13.7. The van der Waals surface area contributed by atoms with Crippen molar-refractivity contribution in [1.82, 2.24) is 10.6 Å². The highest BCUT2D eigenvalue weighted by Crippen LogP contribution is 2.13. The SMILES string of the molecule is CCCCSC[C@@H](N)C(=O)N[C@@H](Cc1cc(F)cc(F)c1)[C@H](O)CNCc1cccc(CC)c1. The van der Waals surface area contributed by atoms with Crippen LogP contribution in [0, 0.1) is 11.6 Å². The molecule has 0 unspecified atom stereocenters. The number of unbranched alkanes of at least 4 members (excludes halogenated alkanes) is 1. The zero-order valence-corrected chi connectivity index (χ0v) is 20.8. The average molecular weight is 494 g/mol. The first-order valence-corrected chi connectivity index (χ1v) is 13.0. The van der Waals surface area contributed by atoms with Crippen molar-refractivity contribution >= 4 is 17.7 Å². The summed E-state index contributed by atoms with van der Waals surface area (Å²) in [5.74, 6) is -0.398. The van der Waals surface area contributed by atoms with Gasteiger partial charge in [-0.3, -0.25) is 4.79 Å². The van der Waals surface area contributed by atoms with E-state index in [1.165, 1.54) is 17.7 Å². The van der Waals surface area contributed by atoms with Gasteiger partial charge in [-0.05, 0) is 53.8 Å². The molecule has 0 bridgehead atoms. The number of hydrogen-bond acceptors (Lipinski definition) is 5. The Morgan fingerprint density at radius 2 is 1.79 bits per heavy atom. The van der Waals surface area contributed by atoms with Crippen molar-refractivity contribution in [3.63, 3.8) is 0 Å². The van der Waals surface area contributed by atoms with Gasteiger partial charge in [0.25, 0.3) is 0 Å². The van der Waals surface area contributed by atoms with Gasteiger partial charge in [0, 0.05) is 24.9 Å². The number of carbonyl (C=O) groups is 1. The molecule has 0 fully saturated rings. The molecule has 0 saturated carbocycles. The Labute approximate surface area is 205 Å². The largest absolute Gasteiger partial charge is 0.390 e. The number of hydrogen-bond donors (Lipinski definition) is 4. The molecule has 0 aliphatic heterocycles. The molecule has 8 heteroatoms. The first-order chi connectivity index (χ1) is 16.3. The second-order valence-electron chi connectivity index (χ2n) is 8.50. The zero-order valence-electron chi connectivity index (χ0n) is 20.0. The standard InChI is InChI=1S/C26H37F2N3O2S/c1-3-5-9-34-17-23(29)26(33)31-24(13-20-11-21(27)14-22(28)12-20)25(32)16-30-15-19-8-6-7-18(4-2)10-19/h6-8,10-12,14,23-25,30,32H,3-5,9,13,15-17,29H2,1-2H3,(H,31,33)/t23-,24+,25-/m1/s1. The van der Waals surface area contributed by atoms with Crippen LogP contribution in [0.25, 0.3) is 0 Å². The molecule has 5 nitrogen and oxygen atoms in total. The van der Waals surface area contributed by atoms with Crippen LogP contribution in [0.5, 0.6) is 0 Å². The van der Waals surface area contributed by atoms with Gasteiger partial charge in [0.1, 0.15) is 11.6 Å². The number of nitrogens with two attached hydrogens (primary N) is 1. The highest BCUT2D eigenvalue weighted by Gasteiger charge is 2.25. The second kappa shape index (κ2) is 15.1. The normalized spacial score (nSPS) is 13.9. The van der Waals surface area contributed by atoms with E-state index in [0.717, 1.165) is 36.6 Å². The Bertz CT molecular complexity index is 880. The third kappa shape index (κ3) is 10.1. The molecule has 1 amide bonds. The zero-order chi connectivity index (χ0) is 24.9. The minimum absolute atomic E-state index is 0.0737. The summed E-state index contributed by atoms with van der Waals surface area (Å²) in [7, 11) is 0. The van der Waals surface area contributed by atoms with Crippen molar-refractivity contribution in [3.8, 4) is 0 Å². The quantitative estimate of drug-likeness (QED) is 0.285. The summed E-state index contributed by atoms with van der Waals surface area (Å²) >= 11 is 1.61. The Hall–Kier alpha value is -2.00. The minimum atomic E-state index is -0.982. The number of aliphatic hydroxyl groups excluding tert-OH is 1. The van der Waals surface area contributed by atoms with Gasteiger partial charge in [0.15, 0.2) is 0 Å². The highest BCUT2D eigenvalue weighted by atomic mass is 32.2. The van der Waals surface area contributed by atoms with Gasteiger partial charge >= 0.3 is 0 Å². The molecule has 0 aliphatic rings. The lowest BCUT2D eigenvalue weighted by Gasteiger charge is -2.26. The molecule has 2 aromatic rings. The maximum Gasteiger partial charge on any atom is 0.238 e. The van der Waals surface area contributed by atoms with Crippen molar-refractivity contribution in [2.24, 2.45) is 5.73 Å². The van der Waals surface area contributed by atoms with Crippen LogP contribution in [0.1, 0.15) is 43.4 Å². The van der Waals surface area contributed by atoms with Crippen LogP contribution >= 0.6 is 11.8 Å². The fourth-order valence-electron chi connectivity index (χ4n) is 3.55. The van der Waals surface area contributed by atoms with Crippen molar-refractivity contribution in [1.29, 1.82) is 0 Å². The molecule has 2 rings (SSSR count). The smallest absolute Gasteiger partial charge is 0.238 e. The van der Waals surface area contributed by atoms with Crippen LogP contribution in [0.2, 0.25) is 0 Å². The van der Waals surface area contributed by atoms with E-state index in [1.54, 1.807) is 11.8 Å². The summed E-state index contributed by atoms with van der Waals surface area (Å²) < 4.78 is 27.4. The third-order valence-electron chi connectivity index (χ3n) is 5.53. The lowest BCUT2D eigenvalue weighted by Crippen LogP contribution is -2.53. The van der Waals surface area contributed by atoms with Crippen LogP contribution in [0.15, 0.2) is 42.5 Å². The number of nitrogens with one attached hydrogen (secondary N) is 2. The molecule has 5 N–H and O–H groups in total. The molecule has 0 aromatic heterocycles. The predicted molar refractivity (Wildman–Crippen MR) is 136 cm³/mol. The summed E-state index contributed by atoms with van der Waals surface area (Å²) in [6, 6.07) is 9.88. The van der Waals surface area contributed by atoms with E-state index in [-0.39, 0.29) is 18.9 Å². The van der Waals surface area contributed by atoms with Crippen LogP contribution in [-0.4, -0.2) is 47.3 Å². The number of benzene rings is 2. The summed E-state index contributed by atoms with van der Waals surface area (Å²) in [5.41, 5.74) is 8.71. The molecule has 0 aliphatic carbocycles. The maximum absolute atomic E-state index is 13.7. The average Bonchev–Trinajstić information content (AvgIpc) is 2.80. The summed E-state index contributed by atoms with van der Waals surface area (Å²) in [4.78, 5) is 12.7. The molecule has 0 saturated heterocycles. The summed E-state index contributed by atoms with van der Waals surface area (Å²) in [5, 5.41) is 16.9. The van der Waals surface area contributed by atoms with E-state index in [2.05, 4.69) is 36.6 Å². The van der Waals surface area contributed by atoms with Crippen molar-refractivity contribution in [2.75, 3.05) is 18.1 Å². The monoisotopic (exact) mass is 493 g/mol. The number of carbonyl (C=O) groups excluding carboxylic acids is 1. The first kappa shape index (κ1) is 28.2. The van der Waals surface area contributed by atoms with E-state index < -0.39 is 29.8 Å². The second-order valence-corrected chi connectivity index (χ2v) is 9.65. The molecular weight excluding hydrogens is 456 g/mol. The van der Waals surface area contributed by atoms with Crippen molar-refractivity contribution < 1.29 is 18.7 Å². The predicted octanol–water partition coefficient (Wildman–Crippen LogP) is 3.57. The lowest BCUT2D eigenvalue weighted by molar-refractivity contribution is -0.123. The first-order valence-electron chi connectivity index (χ1n) is 11.9. The minimum Gasteiger partial charge on any atom is -0.390 e. The topological polar surface area (TPSA) is 87.4 Å². The number of halogens is 2. The Kier molecular flexibility index (Phi) is 12.5. The number of amides is 1. The van der Waals surface area contributed by atoms with Gasteiger partial charge in [-0.15, -0.1) is 0 Å². The summed E-state index contributed by atoms with van der Waals surface area (Å²) in [6.45, 7) is 4.93. The molecule has 0 radical (unpaired) electrons. The lowest BCUT2D eigenvalue weighted by atomic mass is 10.00. The van der Waals surface area contributed by atoms with E-state index in [4.69, 9.17) is 5.73 Å². The Balaban J connectivity index is 2.01. The number of thioether (sulfide) groups is 1. The Morgan fingerprint density at radius 1 is 1.09 bits per heavy atom. The fourth-order valence-corrected chi connectivity index (χ4v) is 4.62. The van der Waals surface area contributed by atoms with Gasteiger partial charge in [-0.1, -0.05) is 44.5 Å². The van der Waals surface area contributed by atoms with Crippen molar-refractivity contribution in [3.05, 3.63) is 70.8 Å². The molecular formula is C26H37F2N3O2S. The van der Waals surface area contributed by atoms with Gasteiger partial charge in [0.05, 0.1) is 18.2 Å². The van der Waals surface area contributed by atoms with Crippen molar-refractivity contribution in [2.45, 2.75) is 64.3 Å². The number of rotatable bonds is 15. The number of aliphatic hydroxyl groups is 1. The van der Waals surface area contributed by atoms with Gasteiger partial charge < -0.3 is 21.5 Å². The van der Waals surface area contributed by atoms with Crippen LogP contribution in [-0.2, 0) is 24.2 Å². The molecule has 2 aromatic carbocycles. The molecule has 0 spiro atoms. The third-order valence-corrected chi connectivity index (χ3v) is 6.70. The van der Waals surface area contributed by atoms with Crippen LogP contribution < -0.4 is 16.4 Å². The van der Waals surface area contributed by atoms with Gasteiger partial charge in [-0.2, -0.15) is 11.8 Å². The fraction of sp³-hybridized carbons (Fsp3) is 0.500. The molecule has 188 valence electrons. The molecule has 3 atom stereocenters. The molecule has 0 heterocycles. The van der Waals surface area contributed by atoms with Crippen LogP contribution in [0.3, 0.4) is 0 Å². The van der Waals surface area contributed by atoms with E-state index in [9.17, 15) is 18.7 Å². The van der Waals surface area contributed by atoms with E-state index in [0.29, 0.717) is 17.9 Å². The van der Waals surface area contributed by atoms with E-state index in [1.807, 2.05) is 12.1 Å². The number of aryl methyl sites for hydroxylation is 1. The Morgan fingerprint density at radius 3 is 2.47 bits per heavy atom. The van der Waals surface area contributed by atoms with E-state index >= 15 is 0 Å².